The number of nitrogens with one attached hydrogen (secondary N) is 2. The Morgan fingerprint density at radius 3 is 2.80 bits per heavy atom. The second-order valence-electron chi connectivity index (χ2n) is 5.53. The van der Waals surface area contributed by atoms with Gasteiger partial charge in [0.2, 0.25) is 0 Å². The number of hydrogen-bond donors (Lipinski definition) is 2. The van der Waals surface area contributed by atoms with Crippen molar-refractivity contribution in [3.05, 3.63) is 64.9 Å². The van der Waals surface area contributed by atoms with Gasteiger partial charge in [-0.1, -0.05) is 30.3 Å². The van der Waals surface area contributed by atoms with Crippen molar-refractivity contribution >= 4 is 34.5 Å². The van der Waals surface area contributed by atoms with Crippen LogP contribution in [0.25, 0.3) is 11.1 Å². The summed E-state index contributed by atoms with van der Waals surface area (Å²) in [5.74, 6) is 0.205. The Morgan fingerprint density at radius 2 is 1.96 bits per heavy atom. The van der Waals surface area contributed by atoms with Crippen LogP contribution in [0.5, 0.6) is 5.75 Å². The molecule has 5 nitrogen and oxygen atoms in total. The zero-order chi connectivity index (χ0) is 17.2. The molecule has 124 valence electrons. The van der Waals surface area contributed by atoms with Crippen LogP contribution in [0.1, 0.15) is 9.67 Å². The normalized spacial score (nSPS) is 12.7. The molecule has 3 aromatic rings. The van der Waals surface area contributed by atoms with E-state index >= 15 is 0 Å². The third-order valence-corrected chi connectivity index (χ3v) is 4.74. The number of amides is 2. The van der Waals surface area contributed by atoms with Gasteiger partial charge in [0.15, 0.2) is 6.61 Å². The van der Waals surface area contributed by atoms with Crippen LogP contribution in [0, 0.1) is 0 Å². The fourth-order valence-electron chi connectivity index (χ4n) is 2.68. The number of thiophene rings is 1. The lowest BCUT2D eigenvalue weighted by Gasteiger charge is -2.18. The largest absolute Gasteiger partial charge is 0.482 e. The van der Waals surface area contributed by atoms with Gasteiger partial charge in [-0.25, -0.2) is 0 Å². The van der Waals surface area contributed by atoms with Gasteiger partial charge in [0.25, 0.3) is 11.8 Å². The van der Waals surface area contributed by atoms with Crippen molar-refractivity contribution in [1.29, 1.82) is 0 Å². The second kappa shape index (κ2) is 6.41. The molecule has 6 heteroatoms. The fraction of sp³-hybridized carbons (Fsp3) is 0.0526. The summed E-state index contributed by atoms with van der Waals surface area (Å²) in [5, 5.41) is 7.52. The van der Waals surface area contributed by atoms with Crippen molar-refractivity contribution in [2.75, 3.05) is 17.2 Å². The summed E-state index contributed by atoms with van der Waals surface area (Å²) in [6.45, 7) is 0.00827. The predicted octanol–water partition coefficient (Wildman–Crippen LogP) is 4.00. The fourth-order valence-corrected chi connectivity index (χ4v) is 3.49. The van der Waals surface area contributed by atoms with Crippen molar-refractivity contribution < 1.29 is 14.3 Å². The first-order valence-electron chi connectivity index (χ1n) is 7.72. The Kier molecular flexibility index (Phi) is 3.95. The van der Waals surface area contributed by atoms with Gasteiger partial charge < -0.3 is 15.4 Å². The van der Waals surface area contributed by atoms with Gasteiger partial charge in [0, 0.05) is 11.3 Å². The monoisotopic (exact) mass is 350 g/mol. The maximum absolute atomic E-state index is 12.7. The summed E-state index contributed by atoms with van der Waals surface area (Å²) in [4.78, 5) is 24.8. The minimum absolute atomic E-state index is 0.00827. The van der Waals surface area contributed by atoms with Crippen LogP contribution >= 0.6 is 11.3 Å². The number of carbonyl (C=O) groups excluding carboxylic acids is 2. The molecule has 2 heterocycles. The van der Waals surface area contributed by atoms with Gasteiger partial charge >= 0.3 is 0 Å². The van der Waals surface area contributed by atoms with Crippen LogP contribution in [-0.4, -0.2) is 18.4 Å². The smallest absolute Gasteiger partial charge is 0.266 e. The Balaban J connectivity index is 1.59. The summed E-state index contributed by atoms with van der Waals surface area (Å²) in [6, 6.07) is 16.9. The van der Waals surface area contributed by atoms with E-state index in [4.69, 9.17) is 4.74 Å². The highest BCUT2D eigenvalue weighted by molar-refractivity contribution is 7.12. The van der Waals surface area contributed by atoms with Crippen molar-refractivity contribution in [3.8, 4) is 16.9 Å². The molecular weight excluding hydrogens is 336 g/mol. The van der Waals surface area contributed by atoms with E-state index in [1.165, 1.54) is 11.3 Å². The Labute approximate surface area is 148 Å². The maximum atomic E-state index is 12.7. The van der Waals surface area contributed by atoms with Crippen molar-refractivity contribution in [1.82, 2.24) is 0 Å². The van der Waals surface area contributed by atoms with E-state index in [-0.39, 0.29) is 18.4 Å². The lowest BCUT2D eigenvalue weighted by atomic mass is 10.1. The molecule has 0 saturated carbocycles. The molecule has 4 rings (SSSR count). The maximum Gasteiger partial charge on any atom is 0.266 e. The summed E-state index contributed by atoms with van der Waals surface area (Å²) in [6.07, 6.45) is 0. The number of hydrogen-bond acceptors (Lipinski definition) is 4. The number of rotatable bonds is 3. The van der Waals surface area contributed by atoms with Gasteiger partial charge in [-0.15, -0.1) is 11.3 Å². The first-order chi connectivity index (χ1) is 12.2. The van der Waals surface area contributed by atoms with Crippen molar-refractivity contribution in [2.24, 2.45) is 0 Å². The topological polar surface area (TPSA) is 67.4 Å². The predicted molar refractivity (Wildman–Crippen MR) is 98.3 cm³/mol. The number of benzene rings is 2. The third kappa shape index (κ3) is 3.12. The number of carbonyl (C=O) groups is 2. The SMILES string of the molecule is O=C1COc2ccc(NC(=O)c3sccc3-c3ccccc3)cc2N1. The standard InChI is InChI=1S/C19H14N2O3S/c22-17-11-24-16-7-6-13(10-15(16)21-17)20-19(23)18-14(8-9-25-18)12-4-2-1-3-5-12/h1-10H,11H2,(H,20,23)(H,21,22). The van der Waals surface area contributed by atoms with Crippen molar-refractivity contribution in [3.63, 3.8) is 0 Å². The number of fused-ring (bicyclic) bond motifs is 1. The zero-order valence-electron chi connectivity index (χ0n) is 13.1. The molecule has 2 N–H and O–H groups in total. The lowest BCUT2D eigenvalue weighted by molar-refractivity contribution is -0.118. The highest BCUT2D eigenvalue weighted by Gasteiger charge is 2.18. The van der Waals surface area contributed by atoms with Crippen LogP contribution in [0.4, 0.5) is 11.4 Å². The first-order valence-corrected chi connectivity index (χ1v) is 8.59. The van der Waals surface area contributed by atoms with E-state index in [9.17, 15) is 9.59 Å². The van der Waals surface area contributed by atoms with Gasteiger partial charge in [0.05, 0.1) is 10.6 Å². The Morgan fingerprint density at radius 1 is 1.12 bits per heavy atom. The molecule has 2 aromatic carbocycles. The first kappa shape index (κ1) is 15.4. The third-order valence-electron chi connectivity index (χ3n) is 3.83. The molecular formula is C19H14N2O3S. The quantitative estimate of drug-likeness (QED) is 0.750. The average Bonchev–Trinajstić information content (AvgIpc) is 3.12. The molecule has 0 radical (unpaired) electrons. The van der Waals surface area contributed by atoms with Crippen LogP contribution in [0.3, 0.4) is 0 Å². The average molecular weight is 350 g/mol. The van der Waals surface area contributed by atoms with Gasteiger partial charge in [-0.3, -0.25) is 9.59 Å². The van der Waals surface area contributed by atoms with Crippen LogP contribution in [0.15, 0.2) is 60.0 Å². The molecule has 0 atom stereocenters. The molecule has 1 aliphatic rings. The van der Waals surface area contributed by atoms with E-state index < -0.39 is 0 Å². The Hall–Kier alpha value is -3.12. The van der Waals surface area contributed by atoms with E-state index in [1.807, 2.05) is 41.8 Å². The molecule has 1 aromatic heterocycles. The van der Waals surface area contributed by atoms with Gasteiger partial charge in [0.1, 0.15) is 5.75 Å². The molecule has 0 spiro atoms. The molecule has 1 aliphatic heterocycles. The summed E-state index contributed by atoms with van der Waals surface area (Å²) in [5.41, 5.74) is 3.06. The van der Waals surface area contributed by atoms with Crippen LogP contribution < -0.4 is 15.4 Å². The Bertz CT molecular complexity index is 950. The van der Waals surface area contributed by atoms with E-state index in [0.29, 0.717) is 22.0 Å². The molecule has 0 aliphatic carbocycles. The second-order valence-corrected chi connectivity index (χ2v) is 6.45. The highest BCUT2D eigenvalue weighted by atomic mass is 32.1. The van der Waals surface area contributed by atoms with Crippen molar-refractivity contribution in [2.45, 2.75) is 0 Å². The summed E-state index contributed by atoms with van der Waals surface area (Å²) in [7, 11) is 0. The van der Waals surface area contributed by atoms with Gasteiger partial charge in [-0.2, -0.15) is 0 Å². The summed E-state index contributed by atoms with van der Waals surface area (Å²) >= 11 is 1.39. The number of anilines is 2. The molecule has 25 heavy (non-hydrogen) atoms. The molecule has 2 amide bonds. The summed E-state index contributed by atoms with van der Waals surface area (Å²) < 4.78 is 5.32. The zero-order valence-corrected chi connectivity index (χ0v) is 13.9. The van der Waals surface area contributed by atoms with E-state index in [2.05, 4.69) is 10.6 Å². The number of ether oxygens (including phenoxy) is 1. The minimum atomic E-state index is -0.208. The van der Waals surface area contributed by atoms with Crippen LogP contribution in [-0.2, 0) is 4.79 Å². The van der Waals surface area contributed by atoms with E-state index in [1.54, 1.807) is 18.2 Å². The molecule has 0 saturated heterocycles. The lowest BCUT2D eigenvalue weighted by Crippen LogP contribution is -2.25. The molecule has 0 bridgehead atoms. The van der Waals surface area contributed by atoms with E-state index in [0.717, 1.165) is 11.1 Å². The molecule has 0 unspecified atom stereocenters. The van der Waals surface area contributed by atoms with Gasteiger partial charge in [-0.05, 0) is 35.2 Å². The minimum Gasteiger partial charge on any atom is -0.482 e. The highest BCUT2D eigenvalue weighted by Crippen LogP contribution is 2.32. The molecule has 0 fully saturated rings. The van der Waals surface area contributed by atoms with Crippen LogP contribution in [0.2, 0.25) is 0 Å².